The number of nitrogens with zero attached hydrogens (tertiary/aromatic N) is 5. The molecule has 3 heterocycles. The van der Waals surface area contributed by atoms with Crippen LogP contribution in [0.4, 0.5) is 0 Å². The molecule has 1 unspecified atom stereocenters. The maximum absolute atomic E-state index is 13.2. The molecule has 0 saturated carbocycles. The van der Waals surface area contributed by atoms with Crippen molar-refractivity contribution in [2.45, 2.75) is 43.5 Å². The Labute approximate surface area is 149 Å². The fourth-order valence-corrected chi connectivity index (χ4v) is 5.75. The van der Waals surface area contributed by atoms with E-state index in [0.717, 1.165) is 24.6 Å². The van der Waals surface area contributed by atoms with Gasteiger partial charge in [0.05, 0.1) is 11.7 Å². The Kier molecular flexibility index (Phi) is 4.26. The van der Waals surface area contributed by atoms with E-state index in [4.69, 9.17) is 4.52 Å². The minimum atomic E-state index is -3.61. The van der Waals surface area contributed by atoms with Gasteiger partial charge in [0.15, 0.2) is 5.82 Å². The summed E-state index contributed by atoms with van der Waals surface area (Å²) in [6, 6.07) is 5.03. The van der Waals surface area contributed by atoms with E-state index in [1.54, 1.807) is 29.4 Å². The molecule has 10 heteroatoms. The highest BCUT2D eigenvalue weighted by Crippen LogP contribution is 2.31. The van der Waals surface area contributed by atoms with Gasteiger partial charge < -0.3 is 4.52 Å². The van der Waals surface area contributed by atoms with Gasteiger partial charge in [0, 0.05) is 25.9 Å². The summed E-state index contributed by atoms with van der Waals surface area (Å²) >= 11 is 1.03. The third kappa shape index (κ3) is 3.05. The fourth-order valence-electron chi connectivity index (χ4n) is 3.27. The molecule has 0 N–H and O–H groups in total. The predicted molar refractivity (Wildman–Crippen MR) is 91.7 cm³/mol. The molecule has 1 aromatic carbocycles. The standard InChI is InChI=1S/C15H17N5O3S2/c1-10-16-14(17-23-10)8-7-11-4-3-9-20(11)25(21,22)13-6-2-5-12-15(13)19-24-18-12/h2,5-6,11H,3-4,7-9H2,1H3. The van der Waals surface area contributed by atoms with Crippen LogP contribution in [0.5, 0.6) is 0 Å². The van der Waals surface area contributed by atoms with Gasteiger partial charge in [0.1, 0.15) is 15.9 Å². The summed E-state index contributed by atoms with van der Waals surface area (Å²) in [5, 5.41) is 3.89. The summed E-state index contributed by atoms with van der Waals surface area (Å²) in [6.07, 6.45) is 2.95. The van der Waals surface area contributed by atoms with Crippen molar-refractivity contribution >= 4 is 32.8 Å². The van der Waals surface area contributed by atoms with E-state index < -0.39 is 10.0 Å². The van der Waals surface area contributed by atoms with Crippen LogP contribution in [0.1, 0.15) is 31.0 Å². The molecule has 1 saturated heterocycles. The van der Waals surface area contributed by atoms with Crippen LogP contribution in [0.15, 0.2) is 27.6 Å². The molecule has 1 aliphatic heterocycles. The third-order valence-electron chi connectivity index (χ3n) is 4.43. The summed E-state index contributed by atoms with van der Waals surface area (Å²) in [5.41, 5.74) is 1.07. The van der Waals surface area contributed by atoms with Gasteiger partial charge in [-0.25, -0.2) is 8.42 Å². The number of benzene rings is 1. The summed E-state index contributed by atoms with van der Waals surface area (Å²) in [7, 11) is -3.61. The summed E-state index contributed by atoms with van der Waals surface area (Å²) in [6.45, 7) is 2.26. The Morgan fingerprint density at radius 2 is 2.24 bits per heavy atom. The van der Waals surface area contributed by atoms with E-state index in [1.807, 2.05) is 0 Å². The second-order valence-corrected chi connectivity index (χ2v) is 8.46. The van der Waals surface area contributed by atoms with Crippen LogP contribution in [0.3, 0.4) is 0 Å². The highest BCUT2D eigenvalue weighted by Gasteiger charge is 2.36. The second-order valence-electron chi connectivity index (χ2n) is 6.07. The summed E-state index contributed by atoms with van der Waals surface area (Å²) in [4.78, 5) is 4.43. The SMILES string of the molecule is Cc1nc(CCC2CCCN2S(=O)(=O)c2cccc3nsnc23)no1. The largest absolute Gasteiger partial charge is 0.340 e. The highest BCUT2D eigenvalue weighted by molar-refractivity contribution is 7.89. The molecule has 0 spiro atoms. The van der Waals surface area contributed by atoms with Gasteiger partial charge >= 0.3 is 0 Å². The maximum Gasteiger partial charge on any atom is 0.245 e. The van der Waals surface area contributed by atoms with Gasteiger partial charge in [0.25, 0.3) is 0 Å². The fraction of sp³-hybridized carbons (Fsp3) is 0.467. The van der Waals surface area contributed by atoms with Crippen molar-refractivity contribution in [1.82, 2.24) is 23.2 Å². The first-order valence-corrected chi connectivity index (χ1v) is 10.2. The lowest BCUT2D eigenvalue weighted by atomic mass is 10.1. The summed E-state index contributed by atoms with van der Waals surface area (Å²) in [5.74, 6) is 1.14. The Morgan fingerprint density at radius 3 is 3.04 bits per heavy atom. The first-order valence-electron chi connectivity index (χ1n) is 8.08. The van der Waals surface area contributed by atoms with E-state index in [-0.39, 0.29) is 10.9 Å². The molecule has 1 atom stereocenters. The van der Waals surface area contributed by atoms with Crippen LogP contribution in [-0.4, -0.2) is 44.2 Å². The number of hydrogen-bond donors (Lipinski definition) is 0. The lowest BCUT2D eigenvalue weighted by molar-refractivity contribution is 0.361. The number of rotatable bonds is 5. The molecule has 1 aliphatic rings. The van der Waals surface area contributed by atoms with E-state index >= 15 is 0 Å². The normalized spacial score (nSPS) is 19.0. The van der Waals surface area contributed by atoms with Gasteiger partial charge in [-0.2, -0.15) is 18.0 Å². The average molecular weight is 379 g/mol. The highest BCUT2D eigenvalue weighted by atomic mass is 32.2. The van der Waals surface area contributed by atoms with E-state index in [1.165, 1.54) is 0 Å². The third-order valence-corrected chi connectivity index (χ3v) is 6.96. The minimum Gasteiger partial charge on any atom is -0.340 e. The summed E-state index contributed by atoms with van der Waals surface area (Å²) < 4.78 is 41.2. The predicted octanol–water partition coefficient (Wildman–Crippen LogP) is 2.17. The van der Waals surface area contributed by atoms with E-state index in [2.05, 4.69) is 18.9 Å². The molecule has 25 heavy (non-hydrogen) atoms. The maximum atomic E-state index is 13.2. The van der Waals surface area contributed by atoms with Crippen molar-refractivity contribution in [3.63, 3.8) is 0 Å². The van der Waals surface area contributed by atoms with Crippen LogP contribution in [-0.2, 0) is 16.4 Å². The zero-order valence-electron chi connectivity index (χ0n) is 13.6. The van der Waals surface area contributed by atoms with Crippen molar-refractivity contribution in [3.05, 3.63) is 29.9 Å². The lowest BCUT2D eigenvalue weighted by Gasteiger charge is -2.23. The molecule has 0 amide bonds. The van der Waals surface area contributed by atoms with Crippen molar-refractivity contribution in [3.8, 4) is 0 Å². The lowest BCUT2D eigenvalue weighted by Crippen LogP contribution is -2.36. The van der Waals surface area contributed by atoms with Gasteiger partial charge in [-0.05, 0) is 31.4 Å². The first kappa shape index (κ1) is 16.6. The van der Waals surface area contributed by atoms with Crippen LogP contribution >= 0.6 is 11.7 Å². The van der Waals surface area contributed by atoms with Crippen LogP contribution < -0.4 is 0 Å². The monoisotopic (exact) mass is 379 g/mol. The molecule has 4 rings (SSSR count). The quantitative estimate of drug-likeness (QED) is 0.669. The van der Waals surface area contributed by atoms with Crippen LogP contribution in [0.25, 0.3) is 11.0 Å². The molecular weight excluding hydrogens is 362 g/mol. The Hall–Kier alpha value is -1.91. The van der Waals surface area contributed by atoms with Crippen molar-refractivity contribution < 1.29 is 12.9 Å². The molecule has 0 radical (unpaired) electrons. The topological polar surface area (TPSA) is 102 Å². The molecule has 132 valence electrons. The minimum absolute atomic E-state index is 0.0642. The Balaban J connectivity index is 1.59. The van der Waals surface area contributed by atoms with Gasteiger partial charge in [0.2, 0.25) is 15.9 Å². The molecule has 0 bridgehead atoms. The number of hydrogen-bond acceptors (Lipinski definition) is 8. The zero-order valence-corrected chi connectivity index (χ0v) is 15.3. The number of aryl methyl sites for hydroxylation is 2. The van der Waals surface area contributed by atoms with Crippen molar-refractivity contribution in [1.29, 1.82) is 0 Å². The smallest absolute Gasteiger partial charge is 0.245 e. The van der Waals surface area contributed by atoms with E-state index in [0.29, 0.717) is 42.1 Å². The van der Waals surface area contributed by atoms with Gasteiger partial charge in [-0.1, -0.05) is 11.2 Å². The van der Waals surface area contributed by atoms with Crippen molar-refractivity contribution in [2.24, 2.45) is 0 Å². The molecule has 3 aromatic rings. The average Bonchev–Trinajstić information content (AvgIpc) is 3.32. The van der Waals surface area contributed by atoms with E-state index in [9.17, 15) is 8.42 Å². The molecule has 1 fully saturated rings. The van der Waals surface area contributed by atoms with Gasteiger partial charge in [-0.3, -0.25) is 0 Å². The first-order chi connectivity index (χ1) is 12.1. The molecule has 0 aliphatic carbocycles. The zero-order chi connectivity index (χ0) is 17.4. The Bertz CT molecular complexity index is 997. The second kappa shape index (κ2) is 6.43. The number of aromatic nitrogens is 4. The number of sulfonamides is 1. The van der Waals surface area contributed by atoms with Crippen LogP contribution in [0, 0.1) is 6.92 Å². The Morgan fingerprint density at radius 1 is 1.36 bits per heavy atom. The molecular formula is C15H17N5O3S2. The van der Waals surface area contributed by atoms with Gasteiger partial charge in [-0.15, -0.1) is 0 Å². The molecule has 2 aromatic heterocycles. The molecule has 8 nitrogen and oxygen atoms in total. The number of fused-ring (bicyclic) bond motifs is 1. The van der Waals surface area contributed by atoms with Crippen molar-refractivity contribution in [2.75, 3.05) is 6.54 Å². The van der Waals surface area contributed by atoms with Crippen LogP contribution in [0.2, 0.25) is 0 Å².